The quantitative estimate of drug-likeness (QED) is 0.770. The van der Waals surface area contributed by atoms with Gasteiger partial charge in [-0.3, -0.25) is 0 Å². The van der Waals surface area contributed by atoms with Crippen molar-refractivity contribution in [3.8, 4) is 11.4 Å². The lowest BCUT2D eigenvalue weighted by atomic mass is 10.1. The van der Waals surface area contributed by atoms with Crippen molar-refractivity contribution in [1.82, 2.24) is 14.8 Å². The van der Waals surface area contributed by atoms with Crippen LogP contribution in [0.2, 0.25) is 0 Å². The van der Waals surface area contributed by atoms with E-state index < -0.39 is 12.1 Å². The van der Waals surface area contributed by atoms with E-state index in [1.54, 1.807) is 34.6 Å². The molecule has 1 heterocycles. The molecule has 0 aliphatic rings. The molecule has 23 heavy (non-hydrogen) atoms. The highest BCUT2D eigenvalue weighted by atomic mass is 32.2. The van der Waals surface area contributed by atoms with Crippen LogP contribution in [0.25, 0.3) is 11.4 Å². The van der Waals surface area contributed by atoms with Gasteiger partial charge in [-0.2, -0.15) is 16.9 Å². The average Bonchev–Trinajstić information content (AvgIpc) is 2.95. The first-order chi connectivity index (χ1) is 11.0. The summed E-state index contributed by atoms with van der Waals surface area (Å²) in [6, 6.07) is 6.63. The molecule has 6 nitrogen and oxygen atoms in total. The fourth-order valence-corrected chi connectivity index (χ4v) is 2.54. The van der Waals surface area contributed by atoms with E-state index in [0.29, 0.717) is 30.2 Å². The fourth-order valence-electron chi connectivity index (χ4n) is 2.15. The van der Waals surface area contributed by atoms with Gasteiger partial charge in [0.25, 0.3) is 0 Å². The highest BCUT2D eigenvalue weighted by Crippen LogP contribution is 2.20. The molecule has 0 bridgehead atoms. The molecule has 124 valence electrons. The van der Waals surface area contributed by atoms with Crippen molar-refractivity contribution in [1.29, 1.82) is 0 Å². The maximum absolute atomic E-state index is 11.2. The molecule has 0 saturated heterocycles. The maximum Gasteiger partial charge on any atom is 0.335 e. The predicted molar refractivity (Wildman–Crippen MR) is 90.8 cm³/mol. The van der Waals surface area contributed by atoms with Crippen LogP contribution in [0.4, 0.5) is 0 Å². The van der Waals surface area contributed by atoms with Crippen molar-refractivity contribution >= 4 is 17.7 Å². The lowest BCUT2D eigenvalue weighted by Crippen LogP contribution is -2.17. The van der Waals surface area contributed by atoms with Crippen molar-refractivity contribution < 1.29 is 15.0 Å². The van der Waals surface area contributed by atoms with Gasteiger partial charge in [0.05, 0.1) is 18.2 Å². The van der Waals surface area contributed by atoms with Gasteiger partial charge in [0.2, 0.25) is 0 Å². The molecular weight excluding hydrogens is 314 g/mol. The number of carbonyl (C=O) groups is 1. The van der Waals surface area contributed by atoms with Crippen LogP contribution in [0.5, 0.6) is 0 Å². The maximum atomic E-state index is 11.2. The SMILES string of the molecule is CCC(O)Cn1nc(CCSC)nc1-c1cccc(C(=O)O)c1. The van der Waals surface area contributed by atoms with Gasteiger partial charge in [-0.15, -0.1) is 0 Å². The van der Waals surface area contributed by atoms with Crippen molar-refractivity contribution in [2.24, 2.45) is 0 Å². The minimum atomic E-state index is -0.978. The third-order valence-corrected chi connectivity index (χ3v) is 4.08. The van der Waals surface area contributed by atoms with Crippen LogP contribution in [0, 0.1) is 0 Å². The first-order valence-electron chi connectivity index (χ1n) is 7.49. The molecule has 1 unspecified atom stereocenters. The molecule has 7 heteroatoms. The number of aliphatic hydroxyl groups excluding tert-OH is 1. The Morgan fingerprint density at radius 1 is 1.43 bits per heavy atom. The first-order valence-corrected chi connectivity index (χ1v) is 8.89. The molecule has 2 N–H and O–H groups in total. The van der Waals surface area contributed by atoms with Crippen LogP contribution < -0.4 is 0 Å². The lowest BCUT2D eigenvalue weighted by molar-refractivity contribution is 0.0697. The number of rotatable bonds is 8. The molecule has 0 radical (unpaired) electrons. The largest absolute Gasteiger partial charge is 0.478 e. The van der Waals surface area contributed by atoms with Gasteiger partial charge in [0.15, 0.2) is 11.6 Å². The third-order valence-electron chi connectivity index (χ3n) is 3.47. The van der Waals surface area contributed by atoms with Crippen LogP contribution in [-0.4, -0.2) is 49.1 Å². The number of aromatic nitrogens is 3. The summed E-state index contributed by atoms with van der Waals surface area (Å²) in [6.45, 7) is 2.25. The molecule has 0 saturated carbocycles. The Bertz CT molecular complexity index is 672. The molecule has 2 aromatic rings. The molecule has 1 aromatic heterocycles. The molecule has 1 aromatic carbocycles. The zero-order chi connectivity index (χ0) is 16.8. The number of aryl methyl sites for hydroxylation is 1. The van der Waals surface area contributed by atoms with E-state index >= 15 is 0 Å². The number of benzene rings is 1. The van der Waals surface area contributed by atoms with Gasteiger partial charge in [-0.1, -0.05) is 19.1 Å². The van der Waals surface area contributed by atoms with Gasteiger partial charge in [0.1, 0.15) is 0 Å². The fraction of sp³-hybridized carbons (Fsp3) is 0.438. The topological polar surface area (TPSA) is 88.2 Å². The van der Waals surface area contributed by atoms with Gasteiger partial charge in [0, 0.05) is 17.7 Å². The van der Waals surface area contributed by atoms with E-state index in [1.165, 1.54) is 0 Å². The highest BCUT2D eigenvalue weighted by Gasteiger charge is 2.15. The molecule has 1 atom stereocenters. The van der Waals surface area contributed by atoms with Gasteiger partial charge in [-0.25, -0.2) is 14.5 Å². The molecule has 2 rings (SSSR count). The summed E-state index contributed by atoms with van der Waals surface area (Å²) in [5.74, 6) is 1.23. The summed E-state index contributed by atoms with van der Waals surface area (Å²) in [6.07, 6.45) is 2.87. The molecular formula is C16H21N3O3S. The van der Waals surface area contributed by atoms with Crippen LogP contribution >= 0.6 is 11.8 Å². The summed E-state index contributed by atoms with van der Waals surface area (Å²) >= 11 is 1.72. The number of hydrogen-bond acceptors (Lipinski definition) is 5. The smallest absolute Gasteiger partial charge is 0.335 e. The Kier molecular flexibility index (Phi) is 6.18. The molecule has 0 fully saturated rings. The zero-order valence-electron chi connectivity index (χ0n) is 13.3. The Hall–Kier alpha value is -1.86. The van der Waals surface area contributed by atoms with Crippen LogP contribution in [0.15, 0.2) is 24.3 Å². The number of carboxylic acid groups (broad SMARTS) is 1. The summed E-state index contributed by atoms with van der Waals surface area (Å²) < 4.78 is 1.67. The molecule has 0 aliphatic carbocycles. The summed E-state index contributed by atoms with van der Waals surface area (Å²) in [5.41, 5.74) is 0.898. The highest BCUT2D eigenvalue weighted by molar-refractivity contribution is 7.98. The Morgan fingerprint density at radius 3 is 2.87 bits per heavy atom. The van der Waals surface area contributed by atoms with Crippen LogP contribution in [-0.2, 0) is 13.0 Å². The Balaban J connectivity index is 2.39. The second-order valence-corrected chi connectivity index (χ2v) is 6.21. The summed E-state index contributed by atoms with van der Waals surface area (Å²) in [5, 5.41) is 23.5. The lowest BCUT2D eigenvalue weighted by Gasteiger charge is -2.10. The molecule has 0 aliphatic heterocycles. The third kappa shape index (κ3) is 4.56. The number of hydrogen-bond donors (Lipinski definition) is 2. The summed E-state index contributed by atoms with van der Waals surface area (Å²) in [4.78, 5) is 15.7. The number of nitrogens with zero attached hydrogens (tertiary/aromatic N) is 3. The van der Waals surface area contributed by atoms with Crippen molar-refractivity contribution in [2.45, 2.75) is 32.4 Å². The minimum absolute atomic E-state index is 0.207. The minimum Gasteiger partial charge on any atom is -0.478 e. The van der Waals surface area contributed by atoms with E-state index in [0.717, 1.165) is 12.2 Å². The second kappa shape index (κ2) is 8.12. The Labute approximate surface area is 139 Å². The molecule has 0 spiro atoms. The van der Waals surface area contributed by atoms with E-state index in [2.05, 4.69) is 10.1 Å². The second-order valence-electron chi connectivity index (χ2n) is 5.22. The molecule has 0 amide bonds. The van der Waals surface area contributed by atoms with Crippen molar-refractivity contribution in [3.05, 3.63) is 35.7 Å². The van der Waals surface area contributed by atoms with Gasteiger partial charge < -0.3 is 10.2 Å². The number of aliphatic hydroxyl groups is 1. The van der Waals surface area contributed by atoms with E-state index in [9.17, 15) is 9.90 Å². The van der Waals surface area contributed by atoms with Gasteiger partial charge in [-0.05, 0) is 24.8 Å². The van der Waals surface area contributed by atoms with Crippen molar-refractivity contribution in [2.75, 3.05) is 12.0 Å². The predicted octanol–water partition coefficient (Wildman–Crippen LogP) is 2.32. The summed E-state index contributed by atoms with van der Waals surface area (Å²) in [7, 11) is 0. The van der Waals surface area contributed by atoms with Crippen LogP contribution in [0.1, 0.15) is 29.5 Å². The Morgan fingerprint density at radius 2 is 2.22 bits per heavy atom. The van der Waals surface area contributed by atoms with E-state index in [1.807, 2.05) is 19.2 Å². The average molecular weight is 335 g/mol. The standard InChI is InChI=1S/C16H21N3O3S/c1-3-13(20)10-19-15(17-14(18-19)7-8-23-2)11-5-4-6-12(9-11)16(21)22/h4-6,9,13,20H,3,7-8,10H2,1-2H3,(H,21,22). The monoisotopic (exact) mass is 335 g/mol. The first kappa shape index (κ1) is 17.5. The van der Waals surface area contributed by atoms with Crippen LogP contribution in [0.3, 0.4) is 0 Å². The van der Waals surface area contributed by atoms with E-state index in [-0.39, 0.29) is 5.56 Å². The van der Waals surface area contributed by atoms with E-state index in [4.69, 9.17) is 5.11 Å². The number of aromatic carboxylic acids is 1. The normalized spacial score (nSPS) is 12.3. The zero-order valence-corrected chi connectivity index (χ0v) is 14.1. The van der Waals surface area contributed by atoms with Crippen molar-refractivity contribution in [3.63, 3.8) is 0 Å². The number of carboxylic acids is 1. The van der Waals surface area contributed by atoms with Gasteiger partial charge >= 0.3 is 5.97 Å². The number of thioether (sulfide) groups is 1.